The molecule has 0 unspecified atom stereocenters. The zero-order chi connectivity index (χ0) is 10.7. The van der Waals surface area contributed by atoms with Crippen LogP contribution >= 0.6 is 11.3 Å². The van der Waals surface area contributed by atoms with Crippen molar-refractivity contribution in [1.82, 2.24) is 4.98 Å². The Labute approximate surface area is 89.6 Å². The fourth-order valence-corrected chi connectivity index (χ4v) is 1.71. The van der Waals surface area contributed by atoms with Gasteiger partial charge < -0.3 is 5.32 Å². The highest BCUT2D eigenvalue weighted by molar-refractivity contribution is 7.09. The third kappa shape index (κ3) is 2.73. The fourth-order valence-electron chi connectivity index (χ4n) is 1.17. The van der Waals surface area contributed by atoms with Crippen molar-refractivity contribution in [3.05, 3.63) is 46.4 Å². The quantitative estimate of drug-likeness (QED) is 0.870. The molecular formula is C10H8F2N2S. The number of hydrogen-bond acceptors (Lipinski definition) is 3. The van der Waals surface area contributed by atoms with Crippen molar-refractivity contribution in [3.8, 4) is 0 Å². The van der Waals surface area contributed by atoms with Crippen LogP contribution in [0.5, 0.6) is 0 Å². The molecule has 0 aliphatic rings. The molecule has 78 valence electrons. The molecule has 0 saturated heterocycles. The number of benzene rings is 1. The Hall–Kier alpha value is -1.49. The molecule has 0 amide bonds. The molecule has 1 aromatic carbocycles. The Bertz CT molecular complexity index is 422. The Morgan fingerprint density at radius 1 is 1.20 bits per heavy atom. The molecule has 0 aliphatic carbocycles. The first kappa shape index (κ1) is 10.0. The zero-order valence-corrected chi connectivity index (χ0v) is 8.52. The number of rotatable bonds is 3. The molecule has 15 heavy (non-hydrogen) atoms. The number of aromatic nitrogens is 1. The van der Waals surface area contributed by atoms with Gasteiger partial charge in [-0.1, -0.05) is 0 Å². The Balaban J connectivity index is 2.05. The third-order valence-electron chi connectivity index (χ3n) is 1.81. The normalized spacial score (nSPS) is 10.3. The fraction of sp³-hybridized carbons (Fsp3) is 0.100. The van der Waals surface area contributed by atoms with E-state index in [1.165, 1.54) is 23.5 Å². The first-order valence-corrected chi connectivity index (χ1v) is 5.19. The van der Waals surface area contributed by atoms with E-state index in [2.05, 4.69) is 10.3 Å². The maximum absolute atomic E-state index is 12.8. The topological polar surface area (TPSA) is 24.9 Å². The third-order valence-corrected chi connectivity index (χ3v) is 2.59. The van der Waals surface area contributed by atoms with Gasteiger partial charge in [0.1, 0.15) is 11.6 Å². The summed E-state index contributed by atoms with van der Waals surface area (Å²) in [5.41, 5.74) is 2.14. The van der Waals surface area contributed by atoms with Gasteiger partial charge in [0, 0.05) is 22.8 Å². The Morgan fingerprint density at radius 2 is 1.93 bits per heavy atom. The molecule has 0 atom stereocenters. The number of thiazole rings is 1. The maximum atomic E-state index is 12.8. The number of nitrogens with zero attached hydrogens (tertiary/aromatic N) is 1. The van der Waals surface area contributed by atoms with Crippen LogP contribution in [-0.2, 0) is 6.54 Å². The predicted octanol–water partition coefficient (Wildman–Crippen LogP) is 3.03. The summed E-state index contributed by atoms with van der Waals surface area (Å²) in [4.78, 5) is 4.91. The van der Waals surface area contributed by atoms with Gasteiger partial charge >= 0.3 is 0 Å². The Morgan fingerprint density at radius 3 is 2.53 bits per heavy atom. The lowest BCUT2D eigenvalue weighted by atomic mass is 10.3. The van der Waals surface area contributed by atoms with Crippen LogP contribution in [0.4, 0.5) is 14.5 Å². The maximum Gasteiger partial charge on any atom is 0.128 e. The number of hydrogen-bond donors (Lipinski definition) is 1. The molecule has 2 aromatic rings. The summed E-state index contributed by atoms with van der Waals surface area (Å²) in [6, 6.07) is 3.35. The van der Waals surface area contributed by atoms with Crippen LogP contribution in [-0.4, -0.2) is 4.98 Å². The predicted molar refractivity (Wildman–Crippen MR) is 55.8 cm³/mol. The highest BCUT2D eigenvalue weighted by Crippen LogP contribution is 2.15. The van der Waals surface area contributed by atoms with E-state index in [4.69, 9.17) is 0 Å². The lowest BCUT2D eigenvalue weighted by Crippen LogP contribution is -1.98. The van der Waals surface area contributed by atoms with Crippen molar-refractivity contribution in [3.63, 3.8) is 0 Å². The minimum Gasteiger partial charge on any atom is -0.380 e. The second-order valence-corrected chi connectivity index (χ2v) is 3.95. The molecule has 1 aromatic heterocycles. The molecule has 0 saturated carbocycles. The summed E-state index contributed by atoms with van der Waals surface area (Å²) >= 11 is 1.49. The molecule has 2 nitrogen and oxygen atoms in total. The van der Waals surface area contributed by atoms with Gasteiger partial charge in [-0.2, -0.15) is 0 Å². The molecule has 0 bridgehead atoms. The highest BCUT2D eigenvalue weighted by Gasteiger charge is 2.00. The van der Waals surface area contributed by atoms with Crippen LogP contribution < -0.4 is 5.32 Å². The van der Waals surface area contributed by atoms with Crippen molar-refractivity contribution in [2.24, 2.45) is 0 Å². The molecule has 0 aliphatic heterocycles. The van der Waals surface area contributed by atoms with Crippen LogP contribution in [0, 0.1) is 11.6 Å². The first-order valence-electron chi connectivity index (χ1n) is 4.31. The van der Waals surface area contributed by atoms with E-state index < -0.39 is 11.6 Å². The van der Waals surface area contributed by atoms with Crippen LogP contribution in [0.15, 0.2) is 29.9 Å². The second kappa shape index (κ2) is 4.35. The average molecular weight is 226 g/mol. The van der Waals surface area contributed by atoms with Gasteiger partial charge in [0.25, 0.3) is 0 Å². The second-order valence-electron chi connectivity index (χ2n) is 2.98. The first-order chi connectivity index (χ1) is 7.24. The largest absolute Gasteiger partial charge is 0.380 e. The van der Waals surface area contributed by atoms with Gasteiger partial charge in [0.2, 0.25) is 0 Å². The monoisotopic (exact) mass is 226 g/mol. The van der Waals surface area contributed by atoms with E-state index in [1.54, 1.807) is 11.7 Å². The highest BCUT2D eigenvalue weighted by atomic mass is 32.1. The summed E-state index contributed by atoms with van der Waals surface area (Å²) in [7, 11) is 0. The van der Waals surface area contributed by atoms with E-state index in [1.807, 2.05) is 0 Å². The van der Waals surface area contributed by atoms with Gasteiger partial charge in [-0.05, 0) is 12.1 Å². The van der Waals surface area contributed by atoms with Crippen LogP contribution in [0.3, 0.4) is 0 Å². The number of anilines is 1. The van der Waals surface area contributed by atoms with Crippen molar-refractivity contribution in [1.29, 1.82) is 0 Å². The molecular weight excluding hydrogens is 218 g/mol. The van der Waals surface area contributed by atoms with Gasteiger partial charge in [0.15, 0.2) is 0 Å². The van der Waals surface area contributed by atoms with Crippen molar-refractivity contribution in [2.75, 3.05) is 5.32 Å². The summed E-state index contributed by atoms with van der Waals surface area (Å²) in [6.45, 7) is 0.521. The van der Waals surface area contributed by atoms with Crippen molar-refractivity contribution >= 4 is 17.0 Å². The van der Waals surface area contributed by atoms with Gasteiger partial charge in [-0.3, -0.25) is 4.98 Å². The number of halogens is 2. The van der Waals surface area contributed by atoms with Crippen LogP contribution in [0.1, 0.15) is 4.88 Å². The smallest absolute Gasteiger partial charge is 0.128 e. The molecule has 5 heteroatoms. The summed E-state index contributed by atoms with van der Waals surface area (Å²) < 4.78 is 25.6. The van der Waals surface area contributed by atoms with Crippen molar-refractivity contribution in [2.45, 2.75) is 6.54 Å². The van der Waals surface area contributed by atoms with E-state index in [0.29, 0.717) is 12.2 Å². The zero-order valence-electron chi connectivity index (χ0n) is 7.71. The van der Waals surface area contributed by atoms with E-state index in [-0.39, 0.29) is 0 Å². The van der Waals surface area contributed by atoms with Crippen LogP contribution in [0.2, 0.25) is 0 Å². The van der Waals surface area contributed by atoms with Gasteiger partial charge in [-0.15, -0.1) is 11.3 Å². The van der Waals surface area contributed by atoms with Gasteiger partial charge in [-0.25, -0.2) is 8.78 Å². The molecule has 0 fully saturated rings. The van der Waals surface area contributed by atoms with Gasteiger partial charge in [0.05, 0.1) is 12.1 Å². The summed E-state index contributed by atoms with van der Waals surface area (Å²) in [6.07, 6.45) is 1.72. The molecule has 1 N–H and O–H groups in total. The lowest BCUT2D eigenvalue weighted by molar-refractivity contribution is 0.584. The molecule has 0 spiro atoms. The SMILES string of the molecule is Fc1cc(F)cc(NCc2cncs2)c1. The minimum absolute atomic E-state index is 0.431. The summed E-state index contributed by atoms with van der Waals surface area (Å²) in [5, 5.41) is 2.92. The Kier molecular flexibility index (Phi) is 2.91. The van der Waals surface area contributed by atoms with E-state index in [9.17, 15) is 8.78 Å². The average Bonchev–Trinajstić information content (AvgIpc) is 2.65. The molecule has 0 radical (unpaired) electrons. The molecule has 1 heterocycles. The lowest BCUT2D eigenvalue weighted by Gasteiger charge is -2.04. The van der Waals surface area contributed by atoms with Crippen LogP contribution in [0.25, 0.3) is 0 Å². The minimum atomic E-state index is -0.582. The summed E-state index contributed by atoms with van der Waals surface area (Å²) in [5.74, 6) is -1.16. The standard InChI is InChI=1S/C10H8F2N2S/c11-7-1-8(12)3-9(2-7)14-5-10-4-13-6-15-10/h1-4,6,14H,5H2. The van der Waals surface area contributed by atoms with Crippen molar-refractivity contribution < 1.29 is 8.78 Å². The molecule has 2 rings (SSSR count). The van der Waals surface area contributed by atoms with E-state index in [0.717, 1.165) is 10.9 Å². The number of nitrogens with one attached hydrogen (secondary N) is 1. The van der Waals surface area contributed by atoms with E-state index >= 15 is 0 Å².